The number of carboxylic acids is 2. The van der Waals surface area contributed by atoms with E-state index in [9.17, 15) is 48.3 Å². The Labute approximate surface area is 435 Å². The summed E-state index contributed by atoms with van der Waals surface area (Å²) in [6.45, 7) is 6.07. The third-order valence-corrected chi connectivity index (χ3v) is 11.0. The second-order valence-electron chi connectivity index (χ2n) is 17.1. The standard InChI is InChI=1S/C51H83N7O16/c1-3-43(59)41(52-2)15-10-11-25-53-45(61)17-13-27-55-47(63)24-23-42(51(68)69)58-49(65)38-73-36-34-71-32-29-57-48(64)37-72-35-33-70-31-28-56-46(62)18-14-26-54-44(60)16-9-7-5-4-6-8-12-30-74-40-21-19-39(20-22-40)50(66)67/h3,19-22,41-42,52H,1,4-18,23-38H2,2H3,(H,53,61)(H,54,60)(H,55,63)(H,56,62)(H,57,64)(H,58,65)(H,66,67)(H,68,69)/t41-,42?/m0/s1. The lowest BCUT2D eigenvalue weighted by Gasteiger charge is -2.14. The Hall–Kier alpha value is -6.01. The maximum atomic E-state index is 12.2. The first kappa shape index (κ1) is 66.0. The van der Waals surface area contributed by atoms with Crippen LogP contribution in [0.2, 0.25) is 0 Å². The highest BCUT2D eigenvalue weighted by molar-refractivity contribution is 5.93. The predicted octanol–water partition coefficient (Wildman–Crippen LogP) is 1.96. The summed E-state index contributed by atoms with van der Waals surface area (Å²) in [5.41, 5.74) is 0.230. The molecule has 1 rings (SSSR count). The maximum Gasteiger partial charge on any atom is 0.335 e. The Kier molecular flexibility index (Phi) is 39.7. The van der Waals surface area contributed by atoms with E-state index in [4.69, 9.17) is 28.8 Å². The number of nitrogens with one attached hydrogen (secondary N) is 7. The maximum absolute atomic E-state index is 12.2. The van der Waals surface area contributed by atoms with Crippen LogP contribution < -0.4 is 42.0 Å². The molecule has 1 unspecified atom stereocenters. The van der Waals surface area contributed by atoms with Crippen molar-refractivity contribution >= 4 is 53.2 Å². The Morgan fingerprint density at radius 3 is 1.50 bits per heavy atom. The van der Waals surface area contributed by atoms with Gasteiger partial charge in [-0.3, -0.25) is 33.6 Å². The van der Waals surface area contributed by atoms with Crippen molar-refractivity contribution in [3.8, 4) is 5.75 Å². The zero-order valence-corrected chi connectivity index (χ0v) is 43.3. The lowest BCUT2D eigenvalue weighted by Crippen LogP contribution is -2.43. The van der Waals surface area contributed by atoms with Crippen LogP contribution in [0.5, 0.6) is 5.75 Å². The summed E-state index contributed by atoms with van der Waals surface area (Å²) in [6.07, 6.45) is 11.9. The topological polar surface area (TPSA) is 324 Å². The molecular formula is C51H83N7O16. The minimum atomic E-state index is -1.31. The number of carbonyl (C=O) groups is 9. The number of likely N-dealkylation sites (N-methyl/N-ethyl adjacent to an activating group) is 1. The Bertz CT molecular complexity index is 1800. The van der Waals surface area contributed by atoms with E-state index in [0.717, 1.165) is 51.4 Å². The van der Waals surface area contributed by atoms with Gasteiger partial charge in [-0.15, -0.1) is 0 Å². The number of carbonyl (C=O) groups excluding carboxylic acids is 7. The Morgan fingerprint density at radius 1 is 0.486 bits per heavy atom. The van der Waals surface area contributed by atoms with Crippen LogP contribution in [0.1, 0.15) is 120 Å². The SMILES string of the molecule is C=CC(=O)[C@H](CCCCNC(=O)CCCNC(=O)CCC(NC(=O)COCCOCCNC(=O)COCCOCCNC(=O)CCCNC(=O)CCCCCCCCCOc1ccc(C(=O)O)cc1)C(=O)O)NC. The van der Waals surface area contributed by atoms with E-state index in [1.165, 1.54) is 18.2 Å². The molecule has 0 heterocycles. The summed E-state index contributed by atoms with van der Waals surface area (Å²) in [5.74, 6) is -3.46. The van der Waals surface area contributed by atoms with E-state index < -0.39 is 36.4 Å². The van der Waals surface area contributed by atoms with Gasteiger partial charge in [0.15, 0.2) is 5.78 Å². The molecule has 0 fully saturated rings. The van der Waals surface area contributed by atoms with Crippen molar-refractivity contribution in [2.45, 2.75) is 121 Å². The molecule has 2 atom stereocenters. The molecule has 418 valence electrons. The van der Waals surface area contributed by atoms with Gasteiger partial charge in [0.05, 0.1) is 57.9 Å². The number of benzene rings is 1. The van der Waals surface area contributed by atoms with Crippen LogP contribution in [0.25, 0.3) is 0 Å². The molecule has 1 aromatic carbocycles. The first-order chi connectivity index (χ1) is 35.7. The molecular weight excluding hydrogens is 967 g/mol. The first-order valence-electron chi connectivity index (χ1n) is 25.7. The van der Waals surface area contributed by atoms with Gasteiger partial charge in [0, 0.05) is 58.4 Å². The molecule has 0 radical (unpaired) electrons. The van der Waals surface area contributed by atoms with Crippen LogP contribution in [-0.2, 0) is 57.3 Å². The van der Waals surface area contributed by atoms with Crippen LogP contribution in [0.15, 0.2) is 36.9 Å². The van der Waals surface area contributed by atoms with Crippen LogP contribution in [-0.4, -0.2) is 175 Å². The second kappa shape index (κ2) is 44.5. The number of rotatable bonds is 49. The number of ether oxygens (including phenoxy) is 5. The lowest BCUT2D eigenvalue weighted by atomic mass is 10.1. The molecule has 23 nitrogen and oxygen atoms in total. The first-order valence-corrected chi connectivity index (χ1v) is 25.7. The van der Waals surface area contributed by atoms with Crippen molar-refractivity contribution in [1.82, 2.24) is 37.2 Å². The highest BCUT2D eigenvalue weighted by Crippen LogP contribution is 2.14. The summed E-state index contributed by atoms with van der Waals surface area (Å²) >= 11 is 0. The van der Waals surface area contributed by atoms with Crippen LogP contribution in [0.3, 0.4) is 0 Å². The molecule has 0 aliphatic carbocycles. The summed E-state index contributed by atoms with van der Waals surface area (Å²) in [5, 5.41) is 37.4. The van der Waals surface area contributed by atoms with Crippen LogP contribution >= 0.6 is 0 Å². The van der Waals surface area contributed by atoms with Gasteiger partial charge in [0.2, 0.25) is 35.4 Å². The molecule has 0 saturated heterocycles. The van der Waals surface area contributed by atoms with Crippen LogP contribution in [0, 0.1) is 0 Å². The lowest BCUT2D eigenvalue weighted by molar-refractivity contribution is -0.143. The zero-order chi connectivity index (χ0) is 54.4. The Morgan fingerprint density at radius 2 is 0.959 bits per heavy atom. The van der Waals surface area contributed by atoms with E-state index >= 15 is 0 Å². The normalized spacial score (nSPS) is 11.6. The fraction of sp³-hybridized carbons (Fsp3) is 0.667. The second-order valence-corrected chi connectivity index (χ2v) is 17.1. The number of carboxylic acid groups (broad SMARTS) is 2. The fourth-order valence-corrected chi connectivity index (χ4v) is 6.85. The van der Waals surface area contributed by atoms with E-state index in [2.05, 4.69) is 43.8 Å². The van der Waals surface area contributed by atoms with Gasteiger partial charge in [-0.25, -0.2) is 9.59 Å². The number of unbranched alkanes of at least 4 members (excludes halogenated alkanes) is 7. The number of amides is 6. The predicted molar refractivity (Wildman–Crippen MR) is 273 cm³/mol. The number of aliphatic carboxylic acids is 1. The average Bonchev–Trinajstić information content (AvgIpc) is 3.38. The smallest absolute Gasteiger partial charge is 0.335 e. The number of hydrogen-bond acceptors (Lipinski definition) is 15. The van der Waals surface area contributed by atoms with Gasteiger partial charge in [-0.1, -0.05) is 38.7 Å². The third kappa shape index (κ3) is 37.7. The highest BCUT2D eigenvalue weighted by atomic mass is 16.5. The van der Waals surface area contributed by atoms with Gasteiger partial charge in [-0.2, -0.15) is 0 Å². The van der Waals surface area contributed by atoms with E-state index in [1.807, 2.05) is 0 Å². The minimum Gasteiger partial charge on any atom is -0.494 e. The molecule has 0 spiro atoms. The molecule has 0 saturated carbocycles. The molecule has 23 heteroatoms. The van der Waals surface area contributed by atoms with Gasteiger partial charge in [-0.05, 0) is 88.8 Å². The molecule has 74 heavy (non-hydrogen) atoms. The highest BCUT2D eigenvalue weighted by Gasteiger charge is 2.21. The molecule has 9 N–H and O–H groups in total. The van der Waals surface area contributed by atoms with Crippen molar-refractivity contribution in [3.63, 3.8) is 0 Å². The largest absolute Gasteiger partial charge is 0.494 e. The number of ketones is 1. The van der Waals surface area contributed by atoms with Crippen molar-refractivity contribution in [3.05, 3.63) is 42.5 Å². The molecule has 0 aliphatic heterocycles. The quantitative estimate of drug-likeness (QED) is 0.0333. The van der Waals surface area contributed by atoms with Crippen molar-refractivity contribution in [2.24, 2.45) is 0 Å². The molecule has 0 aromatic heterocycles. The summed E-state index contributed by atoms with van der Waals surface area (Å²) in [6, 6.07) is 4.78. The molecule has 1 aromatic rings. The summed E-state index contributed by atoms with van der Waals surface area (Å²) in [4.78, 5) is 107. The molecule has 6 amide bonds. The number of aromatic carboxylic acids is 1. The van der Waals surface area contributed by atoms with Crippen LogP contribution in [0.4, 0.5) is 0 Å². The fourth-order valence-electron chi connectivity index (χ4n) is 6.85. The van der Waals surface area contributed by atoms with Gasteiger partial charge in [0.1, 0.15) is 25.0 Å². The van der Waals surface area contributed by atoms with E-state index in [0.29, 0.717) is 64.1 Å². The van der Waals surface area contributed by atoms with E-state index in [-0.39, 0.29) is 126 Å². The van der Waals surface area contributed by atoms with Gasteiger partial charge < -0.3 is 71.1 Å². The van der Waals surface area contributed by atoms with Gasteiger partial charge >= 0.3 is 11.9 Å². The summed E-state index contributed by atoms with van der Waals surface area (Å²) in [7, 11) is 1.71. The monoisotopic (exact) mass is 1050 g/mol. The molecule has 0 bridgehead atoms. The number of hydrogen-bond donors (Lipinski definition) is 9. The van der Waals surface area contributed by atoms with Crippen molar-refractivity contribution < 1.29 is 77.0 Å². The van der Waals surface area contributed by atoms with Crippen molar-refractivity contribution in [1.29, 1.82) is 0 Å². The van der Waals surface area contributed by atoms with E-state index in [1.54, 1.807) is 19.2 Å². The zero-order valence-electron chi connectivity index (χ0n) is 43.3. The summed E-state index contributed by atoms with van der Waals surface area (Å²) < 4.78 is 27.0. The third-order valence-electron chi connectivity index (χ3n) is 11.0. The molecule has 0 aliphatic rings. The minimum absolute atomic E-state index is 0.0180. The average molecular weight is 1050 g/mol. The Balaban J connectivity index is 1.91. The van der Waals surface area contributed by atoms with Gasteiger partial charge in [0.25, 0.3) is 0 Å². The van der Waals surface area contributed by atoms with Crippen molar-refractivity contribution in [2.75, 3.05) is 99.2 Å².